The zero-order valence-corrected chi connectivity index (χ0v) is 16.5. The van der Waals surface area contributed by atoms with Crippen LogP contribution < -0.4 is 9.62 Å². The fraction of sp³-hybridized carbons (Fsp3) is 0.316. The second kappa shape index (κ2) is 9.05. The highest BCUT2D eigenvalue weighted by Crippen LogP contribution is 2.22. The lowest BCUT2D eigenvalue weighted by atomic mass is 10.1. The largest absolute Gasteiger partial charge is 0.352 e. The van der Waals surface area contributed by atoms with Crippen LogP contribution >= 0.6 is 11.6 Å². The van der Waals surface area contributed by atoms with Crippen molar-refractivity contribution in [1.82, 2.24) is 5.32 Å². The van der Waals surface area contributed by atoms with Crippen molar-refractivity contribution in [2.75, 3.05) is 17.1 Å². The van der Waals surface area contributed by atoms with Crippen molar-refractivity contribution in [3.63, 3.8) is 0 Å². The normalized spacial score (nSPS) is 11.2. The van der Waals surface area contributed by atoms with Gasteiger partial charge in [-0.3, -0.25) is 9.10 Å². The molecule has 140 valence electrons. The fourth-order valence-electron chi connectivity index (χ4n) is 2.59. The van der Waals surface area contributed by atoms with Crippen molar-refractivity contribution in [2.24, 2.45) is 0 Å². The lowest BCUT2D eigenvalue weighted by molar-refractivity contribution is -0.121. The lowest BCUT2D eigenvalue weighted by Gasteiger charge is -2.22. The number of carbonyl (C=O) groups is 1. The Kier molecular flexibility index (Phi) is 7.06. The first-order valence-corrected chi connectivity index (χ1v) is 10.5. The summed E-state index contributed by atoms with van der Waals surface area (Å²) in [5.74, 6) is -0.104. The van der Waals surface area contributed by atoms with Gasteiger partial charge in [-0.15, -0.1) is 0 Å². The summed E-state index contributed by atoms with van der Waals surface area (Å²) in [4.78, 5) is 12.0. The van der Waals surface area contributed by atoms with Crippen molar-refractivity contribution in [2.45, 2.75) is 26.3 Å². The smallest absolute Gasteiger partial charge is 0.232 e. The number of nitrogens with one attached hydrogen (secondary N) is 1. The van der Waals surface area contributed by atoms with Crippen LogP contribution in [0.2, 0.25) is 5.02 Å². The number of halogens is 1. The van der Waals surface area contributed by atoms with E-state index < -0.39 is 10.0 Å². The minimum absolute atomic E-state index is 0.104. The summed E-state index contributed by atoms with van der Waals surface area (Å²) < 4.78 is 25.4. The number of nitrogens with zero attached hydrogens (tertiary/aromatic N) is 1. The average molecular weight is 395 g/mol. The Balaban J connectivity index is 1.89. The van der Waals surface area contributed by atoms with Gasteiger partial charge in [-0.25, -0.2) is 8.42 Å². The van der Waals surface area contributed by atoms with Gasteiger partial charge in [-0.05, 0) is 42.7 Å². The molecule has 2 rings (SSSR count). The van der Waals surface area contributed by atoms with E-state index >= 15 is 0 Å². The van der Waals surface area contributed by atoms with Gasteiger partial charge in [0.2, 0.25) is 15.9 Å². The molecule has 0 aromatic heterocycles. The Labute approximate surface area is 160 Å². The van der Waals surface area contributed by atoms with Crippen LogP contribution in [0.1, 0.15) is 24.0 Å². The Bertz CT molecular complexity index is 869. The molecular formula is C19H23ClN2O3S. The number of benzene rings is 2. The SMILES string of the molecule is Cc1ccccc1CNC(=O)CCCN(c1cccc(Cl)c1)S(C)(=O)=O. The fourth-order valence-corrected chi connectivity index (χ4v) is 3.73. The van der Waals surface area contributed by atoms with E-state index in [1.165, 1.54) is 4.31 Å². The minimum Gasteiger partial charge on any atom is -0.352 e. The molecule has 0 atom stereocenters. The van der Waals surface area contributed by atoms with Crippen LogP contribution in [0.15, 0.2) is 48.5 Å². The molecule has 0 saturated carbocycles. The van der Waals surface area contributed by atoms with Gasteiger partial charge < -0.3 is 5.32 Å². The molecule has 0 spiro atoms. The summed E-state index contributed by atoms with van der Waals surface area (Å²) in [6.07, 6.45) is 1.81. The third kappa shape index (κ3) is 6.04. The van der Waals surface area contributed by atoms with Crippen LogP contribution in [0.4, 0.5) is 5.69 Å². The van der Waals surface area contributed by atoms with Crippen molar-refractivity contribution < 1.29 is 13.2 Å². The van der Waals surface area contributed by atoms with E-state index in [2.05, 4.69) is 5.32 Å². The van der Waals surface area contributed by atoms with E-state index in [4.69, 9.17) is 11.6 Å². The first kappa shape index (κ1) is 20.3. The number of hydrogen-bond acceptors (Lipinski definition) is 3. The highest BCUT2D eigenvalue weighted by molar-refractivity contribution is 7.92. The number of amides is 1. The first-order valence-electron chi connectivity index (χ1n) is 8.32. The number of rotatable bonds is 8. The van der Waals surface area contributed by atoms with Gasteiger partial charge in [0.1, 0.15) is 0 Å². The Morgan fingerprint density at radius 1 is 1.15 bits per heavy atom. The van der Waals surface area contributed by atoms with Crippen molar-refractivity contribution in [3.8, 4) is 0 Å². The summed E-state index contributed by atoms with van der Waals surface area (Å²) in [7, 11) is -3.45. The summed E-state index contributed by atoms with van der Waals surface area (Å²) in [5, 5.41) is 3.34. The van der Waals surface area contributed by atoms with Crippen molar-refractivity contribution in [1.29, 1.82) is 0 Å². The highest BCUT2D eigenvalue weighted by Gasteiger charge is 2.17. The molecule has 0 fully saturated rings. The molecule has 0 aliphatic heterocycles. The number of hydrogen-bond donors (Lipinski definition) is 1. The molecule has 5 nitrogen and oxygen atoms in total. The zero-order valence-electron chi connectivity index (χ0n) is 14.9. The molecule has 26 heavy (non-hydrogen) atoms. The molecule has 0 heterocycles. The first-order chi connectivity index (χ1) is 12.3. The van der Waals surface area contributed by atoms with Gasteiger partial charge in [0.15, 0.2) is 0 Å². The molecule has 0 unspecified atom stereocenters. The van der Waals surface area contributed by atoms with Crippen LogP contribution in [0.25, 0.3) is 0 Å². The van der Waals surface area contributed by atoms with Crippen LogP contribution in [0.3, 0.4) is 0 Å². The molecule has 0 bridgehead atoms. The second-order valence-electron chi connectivity index (χ2n) is 6.12. The lowest BCUT2D eigenvalue weighted by Crippen LogP contribution is -2.32. The van der Waals surface area contributed by atoms with Gasteiger partial charge in [0.05, 0.1) is 11.9 Å². The van der Waals surface area contributed by atoms with E-state index in [1.54, 1.807) is 24.3 Å². The quantitative estimate of drug-likeness (QED) is 0.745. The predicted octanol–water partition coefficient (Wildman–Crippen LogP) is 3.51. The summed E-state index contributed by atoms with van der Waals surface area (Å²) in [6.45, 7) is 2.68. The van der Waals surface area contributed by atoms with Crippen LogP contribution in [0, 0.1) is 6.92 Å². The van der Waals surface area contributed by atoms with Crippen molar-refractivity contribution in [3.05, 3.63) is 64.7 Å². The third-order valence-corrected chi connectivity index (χ3v) is 5.43. The molecule has 0 aliphatic carbocycles. The topological polar surface area (TPSA) is 66.5 Å². The van der Waals surface area contributed by atoms with Gasteiger partial charge in [0, 0.05) is 24.5 Å². The van der Waals surface area contributed by atoms with Crippen LogP contribution in [-0.4, -0.2) is 27.1 Å². The number of anilines is 1. The molecule has 1 amide bonds. The summed E-state index contributed by atoms with van der Waals surface area (Å²) >= 11 is 5.95. The third-order valence-electron chi connectivity index (χ3n) is 4.00. The van der Waals surface area contributed by atoms with E-state index in [0.29, 0.717) is 23.7 Å². The monoisotopic (exact) mass is 394 g/mol. The maximum Gasteiger partial charge on any atom is 0.232 e. The van der Waals surface area contributed by atoms with E-state index in [-0.39, 0.29) is 18.9 Å². The standard InChI is InChI=1S/C19H23ClN2O3S/c1-15-7-3-4-8-16(15)14-21-19(23)11-6-12-22(26(2,24)25)18-10-5-9-17(20)13-18/h3-5,7-10,13H,6,11-12,14H2,1-2H3,(H,21,23). The maximum absolute atomic E-state index is 12.0. The molecule has 0 saturated heterocycles. The molecule has 1 N–H and O–H groups in total. The van der Waals surface area contributed by atoms with Gasteiger partial charge >= 0.3 is 0 Å². The van der Waals surface area contributed by atoms with Gasteiger partial charge in [-0.1, -0.05) is 41.9 Å². The van der Waals surface area contributed by atoms with Crippen LogP contribution in [0.5, 0.6) is 0 Å². The van der Waals surface area contributed by atoms with E-state index in [0.717, 1.165) is 17.4 Å². The molecule has 7 heteroatoms. The Morgan fingerprint density at radius 2 is 1.88 bits per heavy atom. The molecular weight excluding hydrogens is 372 g/mol. The molecule has 2 aromatic rings. The summed E-state index contributed by atoms with van der Waals surface area (Å²) in [6, 6.07) is 14.5. The maximum atomic E-state index is 12.0. The molecule has 0 radical (unpaired) electrons. The van der Waals surface area contributed by atoms with Gasteiger partial charge in [-0.2, -0.15) is 0 Å². The number of carbonyl (C=O) groups excluding carboxylic acids is 1. The number of sulfonamides is 1. The van der Waals surface area contributed by atoms with Gasteiger partial charge in [0.25, 0.3) is 0 Å². The Morgan fingerprint density at radius 3 is 2.54 bits per heavy atom. The number of aryl methyl sites for hydroxylation is 1. The Hall–Kier alpha value is -2.05. The van der Waals surface area contributed by atoms with Crippen molar-refractivity contribution >= 4 is 33.2 Å². The predicted molar refractivity (Wildman–Crippen MR) is 106 cm³/mol. The van der Waals surface area contributed by atoms with E-state index in [1.807, 2.05) is 31.2 Å². The zero-order chi connectivity index (χ0) is 19.2. The second-order valence-corrected chi connectivity index (χ2v) is 8.47. The van der Waals surface area contributed by atoms with Crippen LogP contribution in [-0.2, 0) is 21.4 Å². The molecule has 2 aromatic carbocycles. The molecule has 0 aliphatic rings. The minimum atomic E-state index is -3.45. The highest BCUT2D eigenvalue weighted by atomic mass is 35.5. The average Bonchev–Trinajstić information content (AvgIpc) is 2.57. The van der Waals surface area contributed by atoms with E-state index in [9.17, 15) is 13.2 Å². The summed E-state index contributed by atoms with van der Waals surface area (Å²) in [5.41, 5.74) is 2.69.